The lowest BCUT2D eigenvalue weighted by atomic mass is 10.1. The fourth-order valence-corrected chi connectivity index (χ4v) is 1.73. The zero-order valence-electron chi connectivity index (χ0n) is 11.0. The van der Waals surface area contributed by atoms with Crippen LogP contribution in [0.25, 0.3) is 0 Å². The number of nitrogens with two attached hydrogens (primary N) is 1. The van der Waals surface area contributed by atoms with E-state index < -0.39 is 11.7 Å². The Morgan fingerprint density at radius 2 is 1.81 bits per heavy atom. The van der Waals surface area contributed by atoms with Crippen LogP contribution in [0.4, 0.5) is 18.9 Å². The third-order valence-electron chi connectivity index (χ3n) is 2.86. The van der Waals surface area contributed by atoms with E-state index in [-0.39, 0.29) is 11.3 Å². The van der Waals surface area contributed by atoms with Crippen LogP contribution in [0.2, 0.25) is 0 Å². The molecule has 0 amide bonds. The van der Waals surface area contributed by atoms with Gasteiger partial charge in [-0.25, -0.2) is 0 Å². The first-order valence-electron chi connectivity index (χ1n) is 5.96. The zero-order valence-corrected chi connectivity index (χ0v) is 11.0. The summed E-state index contributed by atoms with van der Waals surface area (Å²) in [5.74, 6) is 0.449. The third kappa shape index (κ3) is 3.26. The van der Waals surface area contributed by atoms with E-state index in [1.165, 1.54) is 0 Å². The van der Waals surface area contributed by atoms with Crippen molar-refractivity contribution in [1.29, 1.82) is 5.26 Å². The summed E-state index contributed by atoms with van der Waals surface area (Å²) in [6.45, 7) is 1.77. The second kappa shape index (κ2) is 5.37. The van der Waals surface area contributed by atoms with E-state index in [0.717, 1.165) is 23.8 Å². The molecule has 2 rings (SSSR count). The molecule has 0 atom stereocenters. The van der Waals surface area contributed by atoms with Crippen molar-refractivity contribution in [3.05, 3.63) is 53.1 Å². The predicted octanol–water partition coefficient (Wildman–Crippen LogP) is 4.26. The molecule has 0 saturated carbocycles. The summed E-state index contributed by atoms with van der Waals surface area (Å²) in [4.78, 5) is 0. The maximum atomic E-state index is 12.6. The van der Waals surface area contributed by atoms with Gasteiger partial charge < -0.3 is 10.5 Å². The molecular weight excluding hydrogens is 281 g/mol. The fraction of sp³-hybridized carbons (Fsp3) is 0.133. The first-order chi connectivity index (χ1) is 9.81. The summed E-state index contributed by atoms with van der Waals surface area (Å²) >= 11 is 0. The number of hydrogen-bond acceptors (Lipinski definition) is 3. The quantitative estimate of drug-likeness (QED) is 0.841. The minimum absolute atomic E-state index is 0.0548. The Hall–Kier alpha value is -2.68. The molecule has 0 fully saturated rings. The number of rotatable bonds is 2. The highest BCUT2D eigenvalue weighted by molar-refractivity contribution is 5.52. The molecule has 2 aromatic rings. The van der Waals surface area contributed by atoms with Crippen molar-refractivity contribution >= 4 is 5.69 Å². The van der Waals surface area contributed by atoms with Gasteiger partial charge in [0.25, 0.3) is 0 Å². The molecule has 21 heavy (non-hydrogen) atoms. The number of halogens is 3. The van der Waals surface area contributed by atoms with Crippen molar-refractivity contribution in [3.8, 4) is 17.6 Å². The summed E-state index contributed by atoms with van der Waals surface area (Å²) in [5, 5.41) is 8.99. The molecule has 0 spiro atoms. The molecule has 0 aliphatic carbocycles. The van der Waals surface area contributed by atoms with Gasteiger partial charge in [0.15, 0.2) is 0 Å². The molecule has 3 nitrogen and oxygen atoms in total. The molecule has 0 aromatic heterocycles. The van der Waals surface area contributed by atoms with Gasteiger partial charge >= 0.3 is 6.18 Å². The number of hydrogen-bond donors (Lipinski definition) is 1. The molecule has 0 saturated heterocycles. The number of alkyl halides is 3. The number of aryl methyl sites for hydroxylation is 1. The lowest BCUT2D eigenvalue weighted by molar-refractivity contribution is -0.137. The van der Waals surface area contributed by atoms with E-state index >= 15 is 0 Å². The van der Waals surface area contributed by atoms with Crippen molar-refractivity contribution in [2.45, 2.75) is 13.1 Å². The van der Waals surface area contributed by atoms with Gasteiger partial charge in [0.1, 0.15) is 17.6 Å². The highest BCUT2D eigenvalue weighted by Crippen LogP contribution is 2.34. The lowest BCUT2D eigenvalue weighted by Crippen LogP contribution is -2.05. The van der Waals surface area contributed by atoms with Crippen LogP contribution in [0.5, 0.6) is 11.5 Å². The average molecular weight is 292 g/mol. The Morgan fingerprint density at radius 3 is 2.43 bits per heavy atom. The van der Waals surface area contributed by atoms with Gasteiger partial charge in [0, 0.05) is 11.8 Å². The van der Waals surface area contributed by atoms with Crippen LogP contribution in [0.15, 0.2) is 36.4 Å². The van der Waals surface area contributed by atoms with Crippen LogP contribution >= 0.6 is 0 Å². The summed E-state index contributed by atoms with van der Waals surface area (Å²) in [6, 6.07) is 9.42. The van der Waals surface area contributed by atoms with Gasteiger partial charge in [-0.15, -0.1) is 0 Å². The second-order valence-corrected chi connectivity index (χ2v) is 4.45. The molecule has 0 unspecified atom stereocenters. The maximum Gasteiger partial charge on any atom is 0.416 e. The standard InChI is InChI=1S/C15H11F3N2O/c1-9-2-4-12(20)7-14(9)21-13-5-3-11(15(16,17)18)6-10(13)8-19/h2-7H,20H2,1H3. The Balaban J connectivity index is 2.41. The van der Waals surface area contributed by atoms with Gasteiger partial charge in [0.2, 0.25) is 0 Å². The summed E-state index contributed by atoms with van der Waals surface area (Å²) in [6.07, 6.45) is -4.50. The van der Waals surface area contributed by atoms with Crippen LogP contribution < -0.4 is 10.5 Å². The van der Waals surface area contributed by atoms with Gasteiger partial charge in [0.05, 0.1) is 11.1 Å². The number of nitrogens with zero attached hydrogens (tertiary/aromatic N) is 1. The molecule has 0 aliphatic heterocycles. The van der Waals surface area contributed by atoms with Crippen molar-refractivity contribution in [2.24, 2.45) is 0 Å². The molecule has 0 aliphatic rings. The first kappa shape index (κ1) is 14.7. The van der Waals surface area contributed by atoms with E-state index in [4.69, 9.17) is 15.7 Å². The molecule has 2 N–H and O–H groups in total. The first-order valence-corrected chi connectivity index (χ1v) is 5.96. The van der Waals surface area contributed by atoms with E-state index in [0.29, 0.717) is 11.4 Å². The highest BCUT2D eigenvalue weighted by atomic mass is 19.4. The Labute approximate surface area is 119 Å². The SMILES string of the molecule is Cc1ccc(N)cc1Oc1ccc(C(F)(F)F)cc1C#N. The molecule has 108 valence electrons. The zero-order chi connectivity index (χ0) is 15.6. The van der Waals surface area contributed by atoms with Crippen LogP contribution in [0.1, 0.15) is 16.7 Å². The van der Waals surface area contributed by atoms with Crippen molar-refractivity contribution in [2.75, 3.05) is 5.73 Å². The number of benzene rings is 2. The topological polar surface area (TPSA) is 59.0 Å². The van der Waals surface area contributed by atoms with Gasteiger partial charge in [-0.1, -0.05) is 6.07 Å². The Morgan fingerprint density at radius 1 is 1.10 bits per heavy atom. The molecule has 0 radical (unpaired) electrons. The van der Waals surface area contributed by atoms with E-state index in [9.17, 15) is 13.2 Å². The minimum atomic E-state index is -4.50. The van der Waals surface area contributed by atoms with Crippen molar-refractivity contribution in [3.63, 3.8) is 0 Å². The molecule has 0 heterocycles. The van der Waals surface area contributed by atoms with Gasteiger partial charge in [-0.05, 0) is 36.8 Å². The van der Waals surface area contributed by atoms with Crippen molar-refractivity contribution in [1.82, 2.24) is 0 Å². The van der Waals surface area contributed by atoms with Crippen LogP contribution in [-0.4, -0.2) is 0 Å². The maximum absolute atomic E-state index is 12.6. The number of ether oxygens (including phenoxy) is 1. The van der Waals surface area contributed by atoms with E-state index in [1.54, 1.807) is 31.2 Å². The molecule has 2 aromatic carbocycles. The normalized spacial score (nSPS) is 11.0. The number of anilines is 1. The van der Waals surface area contributed by atoms with E-state index in [1.807, 2.05) is 0 Å². The summed E-state index contributed by atoms with van der Waals surface area (Å²) < 4.78 is 43.3. The molecular formula is C15H11F3N2O. The fourth-order valence-electron chi connectivity index (χ4n) is 1.73. The Bertz CT molecular complexity index is 718. The number of nitriles is 1. The molecule has 0 bridgehead atoms. The largest absolute Gasteiger partial charge is 0.456 e. The van der Waals surface area contributed by atoms with Gasteiger partial charge in [-0.3, -0.25) is 0 Å². The highest BCUT2D eigenvalue weighted by Gasteiger charge is 2.31. The van der Waals surface area contributed by atoms with Crippen molar-refractivity contribution < 1.29 is 17.9 Å². The second-order valence-electron chi connectivity index (χ2n) is 4.45. The number of nitrogen functional groups attached to an aromatic ring is 1. The van der Waals surface area contributed by atoms with Crippen LogP contribution in [0.3, 0.4) is 0 Å². The van der Waals surface area contributed by atoms with Crippen LogP contribution in [0, 0.1) is 18.3 Å². The summed E-state index contributed by atoms with van der Waals surface area (Å²) in [7, 11) is 0. The monoisotopic (exact) mass is 292 g/mol. The Kier molecular flexibility index (Phi) is 3.76. The lowest BCUT2D eigenvalue weighted by Gasteiger charge is -2.12. The van der Waals surface area contributed by atoms with Gasteiger partial charge in [-0.2, -0.15) is 18.4 Å². The minimum Gasteiger partial charge on any atom is -0.456 e. The summed E-state index contributed by atoms with van der Waals surface area (Å²) in [5.41, 5.74) is 5.77. The molecule has 6 heteroatoms. The smallest absolute Gasteiger partial charge is 0.416 e. The predicted molar refractivity (Wildman–Crippen MR) is 71.8 cm³/mol. The van der Waals surface area contributed by atoms with Crippen LogP contribution in [-0.2, 0) is 6.18 Å². The average Bonchev–Trinajstić information content (AvgIpc) is 2.42. The third-order valence-corrected chi connectivity index (χ3v) is 2.86. The van der Waals surface area contributed by atoms with E-state index in [2.05, 4.69) is 0 Å².